The highest BCUT2D eigenvalue weighted by atomic mass is 32.2. The van der Waals surface area contributed by atoms with Crippen molar-refractivity contribution in [1.29, 1.82) is 0 Å². The molecule has 0 fully saturated rings. The van der Waals surface area contributed by atoms with Crippen LogP contribution < -0.4 is 10.2 Å². The standard InChI is InChI=1S/C13H11BF3NO4S/c15-13(16,17)9-4-6-11(7-5-9)18-23(21,22)12-3-1-2-10(8-12)14(19)20/h1-8,18-20H. The van der Waals surface area contributed by atoms with E-state index in [4.69, 9.17) is 10.0 Å². The average molecular weight is 345 g/mol. The molecule has 0 bridgehead atoms. The molecule has 0 heterocycles. The van der Waals surface area contributed by atoms with E-state index in [0.29, 0.717) is 0 Å². The van der Waals surface area contributed by atoms with E-state index in [1.54, 1.807) is 0 Å². The van der Waals surface area contributed by atoms with Gasteiger partial charge in [0.1, 0.15) is 0 Å². The summed E-state index contributed by atoms with van der Waals surface area (Å²) in [6.07, 6.45) is -4.51. The van der Waals surface area contributed by atoms with Crippen molar-refractivity contribution < 1.29 is 31.6 Å². The van der Waals surface area contributed by atoms with Gasteiger partial charge in [0.15, 0.2) is 0 Å². The summed E-state index contributed by atoms with van der Waals surface area (Å²) in [5.74, 6) is 0. The van der Waals surface area contributed by atoms with E-state index in [9.17, 15) is 21.6 Å². The second-order valence-electron chi connectivity index (χ2n) is 4.63. The van der Waals surface area contributed by atoms with Crippen molar-refractivity contribution in [2.24, 2.45) is 0 Å². The number of halogens is 3. The highest BCUT2D eigenvalue weighted by molar-refractivity contribution is 7.92. The molecule has 0 saturated heterocycles. The summed E-state index contributed by atoms with van der Waals surface area (Å²) in [5, 5.41) is 18.1. The van der Waals surface area contributed by atoms with Crippen molar-refractivity contribution in [3.05, 3.63) is 54.1 Å². The molecular weight excluding hydrogens is 334 g/mol. The normalized spacial score (nSPS) is 12.0. The minimum absolute atomic E-state index is 0.0275. The Morgan fingerprint density at radius 2 is 1.61 bits per heavy atom. The van der Waals surface area contributed by atoms with Crippen molar-refractivity contribution in [3.63, 3.8) is 0 Å². The Morgan fingerprint density at radius 3 is 2.13 bits per heavy atom. The number of benzene rings is 2. The summed E-state index contributed by atoms with van der Waals surface area (Å²) >= 11 is 0. The first-order chi connectivity index (χ1) is 10.6. The lowest BCUT2D eigenvalue weighted by Gasteiger charge is -2.11. The molecule has 2 rings (SSSR count). The largest absolute Gasteiger partial charge is 0.488 e. The Bertz CT molecular complexity index is 792. The number of anilines is 1. The van der Waals surface area contributed by atoms with Gasteiger partial charge >= 0.3 is 13.3 Å². The lowest BCUT2D eigenvalue weighted by molar-refractivity contribution is -0.137. The van der Waals surface area contributed by atoms with Crippen LogP contribution >= 0.6 is 0 Å². The molecule has 3 N–H and O–H groups in total. The van der Waals surface area contributed by atoms with E-state index in [1.807, 2.05) is 0 Å². The van der Waals surface area contributed by atoms with E-state index in [1.165, 1.54) is 18.2 Å². The van der Waals surface area contributed by atoms with E-state index in [2.05, 4.69) is 4.72 Å². The van der Waals surface area contributed by atoms with Crippen LogP contribution in [0, 0.1) is 0 Å². The number of hydrogen-bond donors (Lipinski definition) is 3. The van der Waals surface area contributed by atoms with Crippen molar-refractivity contribution in [2.75, 3.05) is 4.72 Å². The van der Waals surface area contributed by atoms with Gasteiger partial charge in [0, 0.05) is 5.69 Å². The Morgan fingerprint density at radius 1 is 1.00 bits per heavy atom. The van der Waals surface area contributed by atoms with Gasteiger partial charge < -0.3 is 10.0 Å². The fourth-order valence-electron chi connectivity index (χ4n) is 1.78. The van der Waals surface area contributed by atoms with Gasteiger partial charge in [-0.25, -0.2) is 8.42 Å². The predicted molar refractivity (Wildman–Crippen MR) is 78.5 cm³/mol. The molecule has 0 aromatic heterocycles. The fraction of sp³-hybridized carbons (Fsp3) is 0.0769. The molecular formula is C13H11BF3NO4S. The average Bonchev–Trinajstić information content (AvgIpc) is 2.46. The van der Waals surface area contributed by atoms with E-state index < -0.39 is 28.9 Å². The van der Waals surface area contributed by atoms with Crippen molar-refractivity contribution in [3.8, 4) is 0 Å². The lowest BCUT2D eigenvalue weighted by Crippen LogP contribution is -2.30. The van der Waals surface area contributed by atoms with Gasteiger partial charge in [-0.05, 0) is 41.9 Å². The maximum absolute atomic E-state index is 12.5. The third-order valence-electron chi connectivity index (χ3n) is 2.93. The van der Waals surface area contributed by atoms with E-state index >= 15 is 0 Å². The number of sulfonamides is 1. The number of rotatable bonds is 4. The first-order valence-corrected chi connectivity index (χ1v) is 7.74. The summed E-state index contributed by atoms with van der Waals surface area (Å²) in [6, 6.07) is 8.40. The van der Waals surface area contributed by atoms with Gasteiger partial charge in [-0.1, -0.05) is 12.1 Å². The van der Waals surface area contributed by atoms with Crippen LogP contribution in [0.2, 0.25) is 0 Å². The molecule has 0 amide bonds. The highest BCUT2D eigenvalue weighted by Crippen LogP contribution is 2.30. The minimum Gasteiger partial charge on any atom is -0.423 e. The van der Waals surface area contributed by atoms with Gasteiger partial charge in [-0.3, -0.25) is 4.72 Å². The summed E-state index contributed by atoms with van der Waals surface area (Å²) in [7, 11) is -5.91. The molecule has 23 heavy (non-hydrogen) atoms. The zero-order valence-corrected chi connectivity index (χ0v) is 12.3. The van der Waals surface area contributed by atoms with E-state index in [-0.39, 0.29) is 16.0 Å². The topological polar surface area (TPSA) is 86.6 Å². The molecule has 2 aromatic carbocycles. The molecule has 0 aliphatic rings. The van der Waals surface area contributed by atoms with Crippen LogP contribution in [0.1, 0.15) is 5.56 Å². The van der Waals surface area contributed by atoms with Gasteiger partial charge in [0.05, 0.1) is 10.5 Å². The maximum Gasteiger partial charge on any atom is 0.488 e. The van der Waals surface area contributed by atoms with Gasteiger partial charge in [0.2, 0.25) is 0 Å². The summed E-state index contributed by atoms with van der Waals surface area (Å²) < 4.78 is 63.8. The van der Waals surface area contributed by atoms with Gasteiger partial charge in [-0.15, -0.1) is 0 Å². The second-order valence-corrected chi connectivity index (χ2v) is 6.31. The molecule has 0 saturated carbocycles. The van der Waals surface area contributed by atoms with Gasteiger partial charge in [0.25, 0.3) is 10.0 Å². The van der Waals surface area contributed by atoms with Crippen LogP contribution in [0.4, 0.5) is 18.9 Å². The number of hydrogen-bond acceptors (Lipinski definition) is 4. The molecule has 0 unspecified atom stereocenters. The molecule has 0 radical (unpaired) electrons. The molecule has 0 atom stereocenters. The number of alkyl halides is 3. The SMILES string of the molecule is O=S(=O)(Nc1ccc(C(F)(F)F)cc1)c1cccc(B(O)O)c1. The quantitative estimate of drug-likeness (QED) is 0.727. The Labute approximate surface area is 130 Å². The first-order valence-electron chi connectivity index (χ1n) is 6.26. The third-order valence-corrected chi connectivity index (χ3v) is 4.31. The predicted octanol–water partition coefficient (Wildman–Crippen LogP) is 1.19. The number of nitrogens with one attached hydrogen (secondary N) is 1. The molecule has 10 heteroatoms. The summed E-state index contributed by atoms with van der Waals surface area (Å²) in [6.45, 7) is 0. The molecule has 0 spiro atoms. The maximum atomic E-state index is 12.5. The van der Waals surface area contributed by atoms with Crippen LogP contribution in [0.25, 0.3) is 0 Å². The lowest BCUT2D eigenvalue weighted by atomic mass is 9.81. The van der Waals surface area contributed by atoms with Crippen molar-refractivity contribution in [1.82, 2.24) is 0 Å². The van der Waals surface area contributed by atoms with Crippen LogP contribution in [-0.2, 0) is 16.2 Å². The first kappa shape index (κ1) is 17.3. The molecule has 5 nitrogen and oxygen atoms in total. The fourth-order valence-corrected chi connectivity index (χ4v) is 2.90. The third kappa shape index (κ3) is 4.24. The van der Waals surface area contributed by atoms with Crippen LogP contribution in [-0.4, -0.2) is 25.6 Å². The molecule has 0 aliphatic heterocycles. The van der Waals surface area contributed by atoms with Crippen LogP contribution in [0.15, 0.2) is 53.4 Å². The molecule has 2 aromatic rings. The Hall–Kier alpha value is -2.04. The Kier molecular flexibility index (Phi) is 4.69. The highest BCUT2D eigenvalue weighted by Gasteiger charge is 2.30. The summed E-state index contributed by atoms with van der Waals surface area (Å²) in [5.41, 5.74) is -0.973. The van der Waals surface area contributed by atoms with Crippen molar-refractivity contribution in [2.45, 2.75) is 11.1 Å². The van der Waals surface area contributed by atoms with Gasteiger partial charge in [-0.2, -0.15) is 13.2 Å². The smallest absolute Gasteiger partial charge is 0.423 e. The monoisotopic (exact) mass is 345 g/mol. The Balaban J connectivity index is 2.26. The molecule has 0 aliphatic carbocycles. The van der Waals surface area contributed by atoms with Crippen LogP contribution in [0.3, 0.4) is 0 Å². The zero-order valence-electron chi connectivity index (χ0n) is 11.4. The summed E-state index contributed by atoms with van der Waals surface area (Å²) in [4.78, 5) is -0.247. The van der Waals surface area contributed by atoms with Crippen LogP contribution in [0.5, 0.6) is 0 Å². The van der Waals surface area contributed by atoms with E-state index in [0.717, 1.165) is 30.3 Å². The zero-order chi connectivity index (χ0) is 17.3. The van der Waals surface area contributed by atoms with Crippen molar-refractivity contribution >= 4 is 28.3 Å². The molecule has 122 valence electrons. The minimum atomic E-state index is -4.51. The second kappa shape index (κ2) is 6.22.